The molecule has 1 atom stereocenters. The van der Waals surface area contributed by atoms with E-state index in [1.54, 1.807) is 6.92 Å². The predicted octanol–water partition coefficient (Wildman–Crippen LogP) is 4.48. The molecule has 5 nitrogen and oxygen atoms in total. The molecule has 4 saturated carbocycles. The lowest BCUT2D eigenvalue weighted by atomic mass is 9.49. The summed E-state index contributed by atoms with van der Waals surface area (Å²) in [4.78, 5) is 29.3. The van der Waals surface area contributed by atoms with Crippen LogP contribution in [0.1, 0.15) is 45.4 Å². The van der Waals surface area contributed by atoms with Gasteiger partial charge in [-0.25, -0.2) is 4.98 Å². The van der Waals surface area contributed by atoms with Gasteiger partial charge in [-0.15, -0.1) is 0 Å². The summed E-state index contributed by atoms with van der Waals surface area (Å²) in [6.07, 6.45) is 7.00. The van der Waals surface area contributed by atoms with Gasteiger partial charge in [0.2, 0.25) is 0 Å². The van der Waals surface area contributed by atoms with E-state index in [1.807, 2.05) is 0 Å². The van der Waals surface area contributed by atoms with Crippen LogP contribution in [0.15, 0.2) is 12.3 Å². The molecule has 0 aliphatic heterocycles. The summed E-state index contributed by atoms with van der Waals surface area (Å²) in [6.45, 7) is 1.58. The Morgan fingerprint density at radius 1 is 1.19 bits per heavy atom. The number of aromatic nitrogens is 1. The number of pyridine rings is 1. The van der Waals surface area contributed by atoms with Crippen LogP contribution < -0.4 is 5.32 Å². The zero-order chi connectivity index (χ0) is 18.5. The largest absolute Gasteiger partial charge is 0.452 e. The van der Waals surface area contributed by atoms with Crippen LogP contribution in [0.5, 0.6) is 0 Å². The Morgan fingerprint density at radius 3 is 2.31 bits per heavy atom. The maximum atomic E-state index is 12.9. The standard InChI is InChI=1S/C19H22Cl2N2O3/c1-10(17(24)23-16-15(21)5-14(20)9-22-16)26-18(25)19-6-11-2-12(7-19)4-13(3-11)8-19/h5,9-13H,2-4,6-8H2,1H3,(H,22,23,24)/t10-,11?,12?,13?,19?/m1/s1. The first-order valence-corrected chi connectivity index (χ1v) is 9.93. The third kappa shape index (κ3) is 3.31. The molecule has 140 valence electrons. The summed E-state index contributed by atoms with van der Waals surface area (Å²) < 4.78 is 5.58. The molecule has 1 aromatic rings. The monoisotopic (exact) mass is 396 g/mol. The van der Waals surface area contributed by atoms with E-state index in [1.165, 1.54) is 31.5 Å². The number of carbonyl (C=O) groups is 2. The van der Waals surface area contributed by atoms with E-state index in [9.17, 15) is 9.59 Å². The lowest BCUT2D eigenvalue weighted by Crippen LogP contribution is -2.51. The highest BCUT2D eigenvalue weighted by atomic mass is 35.5. The van der Waals surface area contributed by atoms with Crippen molar-refractivity contribution in [2.45, 2.75) is 51.6 Å². The number of nitrogens with zero attached hydrogens (tertiary/aromatic N) is 1. The number of carbonyl (C=O) groups excluding carboxylic acids is 2. The van der Waals surface area contributed by atoms with E-state index in [-0.39, 0.29) is 22.2 Å². The molecule has 26 heavy (non-hydrogen) atoms. The van der Waals surface area contributed by atoms with Gasteiger partial charge in [-0.05, 0) is 69.3 Å². The molecule has 4 fully saturated rings. The van der Waals surface area contributed by atoms with E-state index < -0.39 is 12.0 Å². The highest BCUT2D eigenvalue weighted by Crippen LogP contribution is 2.60. The molecule has 4 aliphatic rings. The summed E-state index contributed by atoms with van der Waals surface area (Å²) in [5.41, 5.74) is -0.376. The van der Waals surface area contributed by atoms with Crippen LogP contribution in [0.3, 0.4) is 0 Å². The number of amides is 1. The Balaban J connectivity index is 1.40. The summed E-state index contributed by atoms with van der Waals surface area (Å²) >= 11 is 11.8. The molecule has 1 aromatic heterocycles. The molecule has 1 amide bonds. The lowest BCUT2D eigenvalue weighted by molar-refractivity contribution is -0.177. The second-order valence-corrected chi connectivity index (χ2v) is 9.06. The van der Waals surface area contributed by atoms with E-state index in [0.717, 1.165) is 19.3 Å². The molecule has 0 spiro atoms. The summed E-state index contributed by atoms with van der Waals surface area (Å²) in [6, 6.07) is 1.50. The number of halogens is 2. The molecule has 1 N–H and O–H groups in total. The Kier molecular flexibility index (Phi) is 4.64. The van der Waals surface area contributed by atoms with Gasteiger partial charge in [0.25, 0.3) is 5.91 Å². The van der Waals surface area contributed by atoms with Crippen molar-refractivity contribution in [3.05, 3.63) is 22.3 Å². The lowest BCUT2D eigenvalue weighted by Gasteiger charge is -2.55. The average Bonchev–Trinajstić information content (AvgIpc) is 2.56. The van der Waals surface area contributed by atoms with Crippen molar-refractivity contribution in [2.75, 3.05) is 5.32 Å². The number of hydrogen-bond acceptors (Lipinski definition) is 4. The maximum Gasteiger partial charge on any atom is 0.312 e. The maximum absolute atomic E-state index is 12.9. The molecule has 0 saturated heterocycles. The number of anilines is 1. The second kappa shape index (κ2) is 6.68. The molecule has 0 radical (unpaired) electrons. The van der Waals surface area contributed by atoms with Crippen molar-refractivity contribution in [1.82, 2.24) is 4.98 Å². The van der Waals surface area contributed by atoms with Gasteiger partial charge in [0.05, 0.1) is 15.5 Å². The molecular formula is C19H22Cl2N2O3. The molecule has 0 unspecified atom stereocenters. The van der Waals surface area contributed by atoms with Crippen molar-refractivity contribution in [3.63, 3.8) is 0 Å². The Bertz CT molecular complexity index is 717. The molecule has 4 bridgehead atoms. The van der Waals surface area contributed by atoms with Gasteiger partial charge in [-0.1, -0.05) is 23.2 Å². The van der Waals surface area contributed by atoms with Crippen molar-refractivity contribution >= 4 is 40.9 Å². The fraction of sp³-hybridized carbons (Fsp3) is 0.632. The highest BCUT2D eigenvalue weighted by Gasteiger charge is 2.55. The summed E-state index contributed by atoms with van der Waals surface area (Å²) in [7, 11) is 0. The van der Waals surface area contributed by atoms with E-state index in [0.29, 0.717) is 22.8 Å². The van der Waals surface area contributed by atoms with Gasteiger partial charge >= 0.3 is 5.97 Å². The van der Waals surface area contributed by atoms with Crippen LogP contribution in [0.4, 0.5) is 5.82 Å². The van der Waals surface area contributed by atoms with Crippen LogP contribution in [0.25, 0.3) is 0 Å². The van der Waals surface area contributed by atoms with E-state index in [2.05, 4.69) is 10.3 Å². The third-order valence-corrected chi connectivity index (χ3v) is 6.67. The minimum Gasteiger partial charge on any atom is -0.452 e. The first kappa shape index (κ1) is 18.1. The minimum atomic E-state index is -0.899. The molecule has 7 heteroatoms. The van der Waals surface area contributed by atoms with E-state index >= 15 is 0 Å². The van der Waals surface area contributed by atoms with Gasteiger partial charge in [0, 0.05) is 6.20 Å². The van der Waals surface area contributed by atoms with Crippen molar-refractivity contribution in [2.24, 2.45) is 23.2 Å². The van der Waals surface area contributed by atoms with Gasteiger partial charge in [-0.3, -0.25) is 9.59 Å². The fourth-order valence-electron chi connectivity index (χ4n) is 5.42. The van der Waals surface area contributed by atoms with Crippen LogP contribution in [-0.4, -0.2) is 23.0 Å². The highest BCUT2D eigenvalue weighted by molar-refractivity contribution is 6.36. The SMILES string of the molecule is C[C@@H](OC(=O)C12CC3CC(CC(C3)C1)C2)C(=O)Nc1ncc(Cl)cc1Cl. The van der Waals surface area contributed by atoms with Crippen LogP contribution >= 0.6 is 23.2 Å². The third-order valence-electron chi connectivity index (χ3n) is 6.17. The number of nitrogens with one attached hydrogen (secondary N) is 1. The number of esters is 1. The van der Waals surface area contributed by atoms with Crippen molar-refractivity contribution < 1.29 is 14.3 Å². The zero-order valence-corrected chi connectivity index (χ0v) is 16.1. The van der Waals surface area contributed by atoms with Crippen molar-refractivity contribution in [1.29, 1.82) is 0 Å². The molecule has 5 rings (SSSR count). The smallest absolute Gasteiger partial charge is 0.312 e. The number of rotatable bonds is 4. The Morgan fingerprint density at radius 2 is 1.77 bits per heavy atom. The van der Waals surface area contributed by atoms with Crippen molar-refractivity contribution in [3.8, 4) is 0 Å². The molecule has 1 heterocycles. The average molecular weight is 397 g/mol. The Hall–Kier alpha value is -1.33. The molecular weight excluding hydrogens is 375 g/mol. The Labute approximate surface area is 162 Å². The second-order valence-electron chi connectivity index (χ2n) is 8.22. The quantitative estimate of drug-likeness (QED) is 0.761. The molecule has 0 aromatic carbocycles. The fourth-order valence-corrected chi connectivity index (χ4v) is 5.85. The zero-order valence-electron chi connectivity index (χ0n) is 14.6. The normalized spacial score (nSPS) is 33.0. The molecule has 4 aliphatic carbocycles. The first-order valence-electron chi connectivity index (χ1n) is 9.17. The number of ether oxygens (including phenoxy) is 1. The van der Waals surface area contributed by atoms with Gasteiger partial charge in [-0.2, -0.15) is 0 Å². The van der Waals surface area contributed by atoms with Gasteiger partial charge in [0.15, 0.2) is 11.9 Å². The van der Waals surface area contributed by atoms with E-state index in [4.69, 9.17) is 27.9 Å². The minimum absolute atomic E-state index is 0.207. The topological polar surface area (TPSA) is 68.3 Å². The number of hydrogen-bond donors (Lipinski definition) is 1. The van der Waals surface area contributed by atoms with Crippen LogP contribution in [-0.2, 0) is 14.3 Å². The van der Waals surface area contributed by atoms with Gasteiger partial charge < -0.3 is 10.1 Å². The first-order chi connectivity index (χ1) is 12.3. The summed E-state index contributed by atoms with van der Waals surface area (Å²) in [5.74, 6) is 1.49. The summed E-state index contributed by atoms with van der Waals surface area (Å²) in [5, 5.41) is 3.22. The van der Waals surface area contributed by atoms with Crippen LogP contribution in [0, 0.1) is 23.2 Å². The predicted molar refractivity (Wildman–Crippen MR) is 99.0 cm³/mol. The van der Waals surface area contributed by atoms with Crippen LogP contribution in [0.2, 0.25) is 10.0 Å². The van der Waals surface area contributed by atoms with Gasteiger partial charge in [0.1, 0.15) is 0 Å².